The van der Waals surface area contributed by atoms with Gasteiger partial charge in [0.2, 0.25) is 5.91 Å². The number of nitrogens with zero attached hydrogens (tertiary/aromatic N) is 1. The van der Waals surface area contributed by atoms with Gasteiger partial charge in [0.1, 0.15) is 0 Å². The van der Waals surface area contributed by atoms with Crippen molar-refractivity contribution >= 4 is 5.91 Å². The highest BCUT2D eigenvalue weighted by atomic mass is 16.5. The first-order chi connectivity index (χ1) is 10.7. The van der Waals surface area contributed by atoms with Crippen molar-refractivity contribution in [2.75, 3.05) is 40.0 Å². The molecule has 0 aromatic heterocycles. The van der Waals surface area contributed by atoms with E-state index in [1.165, 1.54) is 12.8 Å². The molecule has 1 amide bonds. The van der Waals surface area contributed by atoms with E-state index < -0.39 is 0 Å². The Morgan fingerprint density at radius 3 is 2.82 bits per heavy atom. The highest BCUT2D eigenvalue weighted by Gasteiger charge is 2.34. The zero-order valence-corrected chi connectivity index (χ0v) is 14.0. The lowest BCUT2D eigenvalue weighted by Gasteiger charge is -2.41. The van der Waals surface area contributed by atoms with Gasteiger partial charge in [-0.25, -0.2) is 0 Å². The predicted octanol–water partition coefficient (Wildman–Crippen LogP) is 1.55. The third-order valence-corrected chi connectivity index (χ3v) is 5.29. The number of hydrogen-bond acceptors (Lipinski definition) is 4. The van der Waals surface area contributed by atoms with Gasteiger partial charge >= 0.3 is 0 Å². The number of methoxy groups -OCH3 is 1. The van der Waals surface area contributed by atoms with Crippen molar-refractivity contribution in [3.05, 3.63) is 0 Å². The number of aliphatic hydroxyl groups is 1. The zero-order valence-electron chi connectivity index (χ0n) is 14.0. The first kappa shape index (κ1) is 17.7. The van der Waals surface area contributed by atoms with E-state index in [-0.39, 0.29) is 17.9 Å². The fourth-order valence-electron chi connectivity index (χ4n) is 3.86. The van der Waals surface area contributed by atoms with Crippen molar-refractivity contribution in [2.45, 2.75) is 57.4 Å². The predicted molar refractivity (Wildman–Crippen MR) is 86.7 cm³/mol. The maximum Gasteiger partial charge on any atom is 0.221 e. The van der Waals surface area contributed by atoms with Gasteiger partial charge < -0.3 is 20.1 Å². The summed E-state index contributed by atoms with van der Waals surface area (Å²) in [5.74, 6) is 0.184. The summed E-state index contributed by atoms with van der Waals surface area (Å²) in [6.45, 7) is 3.61. The zero-order chi connectivity index (χ0) is 15.8. The molecule has 2 rings (SSSR count). The molecule has 0 spiro atoms. The Morgan fingerprint density at radius 2 is 2.14 bits per heavy atom. The van der Waals surface area contributed by atoms with Crippen molar-refractivity contribution in [1.29, 1.82) is 0 Å². The number of carbonyl (C=O) groups excluding carboxylic acids is 1. The maximum atomic E-state index is 12.0. The molecule has 2 fully saturated rings. The van der Waals surface area contributed by atoms with Gasteiger partial charge in [-0.2, -0.15) is 0 Å². The number of amides is 1. The second kappa shape index (κ2) is 8.85. The number of carbonyl (C=O) groups is 1. The SMILES string of the molecule is COCC[C@@]1(CO)CCCN(CCC(=O)NC2CCCC2)C1. The van der Waals surface area contributed by atoms with Gasteiger partial charge in [-0.05, 0) is 38.6 Å². The van der Waals surface area contributed by atoms with Crippen molar-refractivity contribution < 1.29 is 14.6 Å². The third-order valence-electron chi connectivity index (χ3n) is 5.29. The van der Waals surface area contributed by atoms with Crippen LogP contribution < -0.4 is 5.32 Å². The Hall–Kier alpha value is -0.650. The normalized spacial score (nSPS) is 27.2. The number of nitrogens with one attached hydrogen (secondary N) is 1. The first-order valence-corrected chi connectivity index (χ1v) is 8.79. The lowest BCUT2D eigenvalue weighted by atomic mass is 9.78. The Morgan fingerprint density at radius 1 is 1.36 bits per heavy atom. The van der Waals surface area contributed by atoms with Crippen LogP contribution in [0.1, 0.15) is 51.4 Å². The number of aliphatic hydroxyl groups excluding tert-OH is 1. The molecule has 0 aromatic carbocycles. The van der Waals surface area contributed by atoms with Crippen LogP contribution in [0.5, 0.6) is 0 Å². The number of rotatable bonds is 8. The Bertz CT molecular complexity index is 345. The minimum atomic E-state index is -0.0454. The molecule has 1 aliphatic carbocycles. The van der Waals surface area contributed by atoms with Gasteiger partial charge in [0.15, 0.2) is 0 Å². The summed E-state index contributed by atoms with van der Waals surface area (Å²) in [5.41, 5.74) is -0.0454. The van der Waals surface area contributed by atoms with Gasteiger partial charge in [-0.1, -0.05) is 12.8 Å². The summed E-state index contributed by atoms with van der Waals surface area (Å²) < 4.78 is 5.19. The van der Waals surface area contributed by atoms with E-state index in [9.17, 15) is 9.90 Å². The van der Waals surface area contributed by atoms with E-state index in [4.69, 9.17) is 4.74 Å². The van der Waals surface area contributed by atoms with E-state index in [0.29, 0.717) is 19.1 Å². The van der Waals surface area contributed by atoms with Crippen LogP contribution in [0.2, 0.25) is 0 Å². The van der Waals surface area contributed by atoms with E-state index in [0.717, 1.165) is 51.7 Å². The monoisotopic (exact) mass is 312 g/mol. The molecule has 2 aliphatic rings. The number of likely N-dealkylation sites (tertiary alicyclic amines) is 1. The molecule has 1 aliphatic heterocycles. The second-order valence-corrected chi connectivity index (χ2v) is 7.08. The van der Waals surface area contributed by atoms with Crippen molar-refractivity contribution in [3.8, 4) is 0 Å². The molecular formula is C17H32N2O3. The molecule has 0 bridgehead atoms. The summed E-state index contributed by atoms with van der Waals surface area (Å²) in [7, 11) is 1.71. The number of piperidine rings is 1. The van der Waals surface area contributed by atoms with E-state index in [1.807, 2.05) is 0 Å². The molecule has 0 radical (unpaired) electrons. The van der Waals surface area contributed by atoms with Crippen LogP contribution >= 0.6 is 0 Å². The van der Waals surface area contributed by atoms with Crippen LogP contribution in [0.4, 0.5) is 0 Å². The lowest BCUT2D eigenvalue weighted by Crippen LogP contribution is -2.47. The summed E-state index contributed by atoms with van der Waals surface area (Å²) in [6.07, 6.45) is 8.38. The van der Waals surface area contributed by atoms with Crippen LogP contribution in [0, 0.1) is 5.41 Å². The molecule has 22 heavy (non-hydrogen) atoms. The van der Waals surface area contributed by atoms with Gasteiger partial charge in [-0.15, -0.1) is 0 Å². The minimum Gasteiger partial charge on any atom is -0.396 e. The molecule has 1 heterocycles. The van der Waals surface area contributed by atoms with E-state index in [1.54, 1.807) is 7.11 Å². The fraction of sp³-hybridized carbons (Fsp3) is 0.941. The van der Waals surface area contributed by atoms with Gasteiger partial charge in [0.05, 0.1) is 6.61 Å². The van der Waals surface area contributed by atoms with Crippen LogP contribution in [0.3, 0.4) is 0 Å². The smallest absolute Gasteiger partial charge is 0.221 e. The Kier molecular flexibility index (Phi) is 7.12. The molecule has 0 unspecified atom stereocenters. The van der Waals surface area contributed by atoms with Gasteiger partial charge in [0.25, 0.3) is 0 Å². The number of ether oxygens (including phenoxy) is 1. The first-order valence-electron chi connectivity index (χ1n) is 8.79. The molecule has 5 nitrogen and oxygen atoms in total. The summed E-state index contributed by atoms with van der Waals surface area (Å²) in [5, 5.41) is 12.9. The second-order valence-electron chi connectivity index (χ2n) is 7.08. The largest absolute Gasteiger partial charge is 0.396 e. The molecule has 1 saturated heterocycles. The molecule has 1 saturated carbocycles. The number of hydrogen-bond donors (Lipinski definition) is 2. The van der Waals surface area contributed by atoms with Crippen LogP contribution in [0.25, 0.3) is 0 Å². The minimum absolute atomic E-state index is 0.0454. The van der Waals surface area contributed by atoms with E-state index in [2.05, 4.69) is 10.2 Å². The van der Waals surface area contributed by atoms with Crippen molar-refractivity contribution in [3.63, 3.8) is 0 Å². The average molecular weight is 312 g/mol. The van der Waals surface area contributed by atoms with Gasteiger partial charge in [0, 0.05) is 44.7 Å². The maximum absolute atomic E-state index is 12.0. The highest BCUT2D eigenvalue weighted by Crippen LogP contribution is 2.33. The fourth-order valence-corrected chi connectivity index (χ4v) is 3.86. The molecule has 2 N–H and O–H groups in total. The quantitative estimate of drug-likeness (QED) is 0.714. The summed E-state index contributed by atoms with van der Waals surface area (Å²) in [6, 6.07) is 0.409. The molecule has 5 heteroatoms. The van der Waals surface area contributed by atoms with Crippen LogP contribution in [-0.2, 0) is 9.53 Å². The topological polar surface area (TPSA) is 61.8 Å². The standard InChI is InChI=1S/C17H32N2O3/c1-22-12-9-17(14-20)8-4-10-19(13-17)11-7-16(21)18-15-5-2-3-6-15/h15,20H,2-14H2,1H3,(H,18,21)/t17-/m0/s1. The van der Waals surface area contributed by atoms with Gasteiger partial charge in [-0.3, -0.25) is 4.79 Å². The molecule has 0 aromatic rings. The van der Waals surface area contributed by atoms with Crippen LogP contribution in [0.15, 0.2) is 0 Å². The van der Waals surface area contributed by atoms with Crippen molar-refractivity contribution in [1.82, 2.24) is 10.2 Å². The molecule has 1 atom stereocenters. The van der Waals surface area contributed by atoms with E-state index >= 15 is 0 Å². The van der Waals surface area contributed by atoms with Crippen molar-refractivity contribution in [2.24, 2.45) is 5.41 Å². The third kappa shape index (κ3) is 5.21. The lowest BCUT2D eigenvalue weighted by molar-refractivity contribution is -0.122. The highest BCUT2D eigenvalue weighted by molar-refractivity contribution is 5.76. The average Bonchev–Trinajstić information content (AvgIpc) is 3.04. The summed E-state index contributed by atoms with van der Waals surface area (Å²) >= 11 is 0. The summed E-state index contributed by atoms with van der Waals surface area (Å²) in [4.78, 5) is 14.4. The molecule has 128 valence electrons. The Labute approximate surface area is 134 Å². The Balaban J connectivity index is 1.73. The molecular weight excluding hydrogens is 280 g/mol. The van der Waals surface area contributed by atoms with Crippen LogP contribution in [-0.4, -0.2) is 61.9 Å².